The van der Waals surface area contributed by atoms with Crippen molar-refractivity contribution in [1.82, 2.24) is 4.72 Å². The van der Waals surface area contributed by atoms with Gasteiger partial charge in [-0.05, 0) is 37.0 Å². The van der Waals surface area contributed by atoms with Crippen LogP contribution in [0.1, 0.15) is 32.3 Å². The number of aliphatic hydroxyl groups excluding tert-OH is 1. The Labute approximate surface area is 132 Å². The third kappa shape index (κ3) is 4.95. The van der Waals surface area contributed by atoms with Crippen molar-refractivity contribution in [2.45, 2.75) is 38.0 Å². The highest BCUT2D eigenvalue weighted by molar-refractivity contribution is 7.89. The zero-order valence-corrected chi connectivity index (χ0v) is 14.2. The van der Waals surface area contributed by atoms with E-state index in [9.17, 15) is 13.5 Å². The van der Waals surface area contributed by atoms with Crippen molar-refractivity contribution < 1.29 is 13.5 Å². The molecule has 0 heterocycles. The summed E-state index contributed by atoms with van der Waals surface area (Å²) in [7, 11) is -3.55. The number of hydrogen-bond acceptors (Lipinski definition) is 3. The zero-order valence-electron chi connectivity index (χ0n) is 12.6. The summed E-state index contributed by atoms with van der Waals surface area (Å²) in [5.41, 5.74) is 0.613. The third-order valence-corrected chi connectivity index (χ3v) is 5.70. The molecule has 0 atom stereocenters. The van der Waals surface area contributed by atoms with E-state index in [0.29, 0.717) is 12.3 Å². The second kappa shape index (κ2) is 8.13. The Morgan fingerprint density at radius 1 is 1.19 bits per heavy atom. The second-order valence-electron chi connectivity index (χ2n) is 5.27. The van der Waals surface area contributed by atoms with Crippen molar-refractivity contribution >= 4 is 21.6 Å². The van der Waals surface area contributed by atoms with E-state index in [2.05, 4.69) is 4.72 Å². The Morgan fingerprint density at radius 2 is 1.76 bits per heavy atom. The molecular formula is C15H24ClNO3S. The molecule has 0 radical (unpaired) electrons. The highest BCUT2D eigenvalue weighted by Crippen LogP contribution is 2.25. The summed E-state index contributed by atoms with van der Waals surface area (Å²) in [6, 6.07) is 6.72. The monoisotopic (exact) mass is 333 g/mol. The van der Waals surface area contributed by atoms with Gasteiger partial charge in [0.15, 0.2) is 0 Å². The fourth-order valence-corrected chi connectivity index (χ4v) is 3.43. The van der Waals surface area contributed by atoms with Crippen LogP contribution in [0.2, 0.25) is 0 Å². The topological polar surface area (TPSA) is 66.4 Å². The van der Waals surface area contributed by atoms with E-state index < -0.39 is 15.4 Å². The molecule has 1 aromatic rings. The Morgan fingerprint density at radius 3 is 2.19 bits per heavy atom. The number of alkyl halides is 1. The van der Waals surface area contributed by atoms with Crippen LogP contribution in [0.15, 0.2) is 29.2 Å². The highest BCUT2D eigenvalue weighted by atomic mass is 35.5. The standard InChI is InChI=1S/C15H24ClNO3S/c1-3-15(4-2,12-18)11-17-21(19,20)14-7-5-13(6-8-14)9-10-16/h5-8,17-18H,3-4,9-12H2,1-2H3. The summed E-state index contributed by atoms with van der Waals surface area (Å²) in [5.74, 6) is 0.510. The Balaban J connectivity index is 2.81. The third-order valence-electron chi connectivity index (χ3n) is 4.09. The van der Waals surface area contributed by atoms with Crippen LogP contribution < -0.4 is 4.72 Å². The minimum atomic E-state index is -3.55. The maximum absolute atomic E-state index is 12.3. The summed E-state index contributed by atoms with van der Waals surface area (Å²) in [5, 5.41) is 9.49. The van der Waals surface area contributed by atoms with E-state index in [-0.39, 0.29) is 18.0 Å². The average molecular weight is 334 g/mol. The lowest BCUT2D eigenvalue weighted by atomic mass is 9.84. The number of hydrogen-bond donors (Lipinski definition) is 2. The lowest BCUT2D eigenvalue weighted by Gasteiger charge is -2.29. The van der Waals surface area contributed by atoms with Crippen molar-refractivity contribution in [2.24, 2.45) is 5.41 Å². The SMILES string of the molecule is CCC(CC)(CO)CNS(=O)(=O)c1ccc(CCCl)cc1. The molecule has 0 aliphatic rings. The van der Waals surface area contributed by atoms with Gasteiger partial charge >= 0.3 is 0 Å². The molecule has 21 heavy (non-hydrogen) atoms. The molecule has 0 spiro atoms. The van der Waals surface area contributed by atoms with Gasteiger partial charge in [0.1, 0.15) is 0 Å². The van der Waals surface area contributed by atoms with Gasteiger partial charge in [-0.15, -0.1) is 11.6 Å². The molecule has 0 saturated carbocycles. The molecule has 4 nitrogen and oxygen atoms in total. The zero-order chi connectivity index (χ0) is 15.9. The van der Waals surface area contributed by atoms with Crippen LogP contribution in [0.4, 0.5) is 0 Å². The number of sulfonamides is 1. The first-order chi connectivity index (χ1) is 9.93. The molecule has 0 unspecified atom stereocenters. The summed E-state index contributed by atoms with van der Waals surface area (Å²) in [6.45, 7) is 4.11. The van der Waals surface area contributed by atoms with E-state index >= 15 is 0 Å². The van der Waals surface area contributed by atoms with E-state index in [1.54, 1.807) is 24.3 Å². The first-order valence-corrected chi connectivity index (χ1v) is 9.20. The van der Waals surface area contributed by atoms with Gasteiger partial charge in [0.25, 0.3) is 0 Å². The largest absolute Gasteiger partial charge is 0.396 e. The fraction of sp³-hybridized carbons (Fsp3) is 0.600. The molecule has 1 rings (SSSR count). The molecule has 120 valence electrons. The molecular weight excluding hydrogens is 310 g/mol. The lowest BCUT2D eigenvalue weighted by Crippen LogP contribution is -2.39. The number of aryl methyl sites for hydroxylation is 1. The predicted molar refractivity (Wildman–Crippen MR) is 86.2 cm³/mol. The first kappa shape index (κ1) is 18.4. The molecule has 0 aromatic heterocycles. The molecule has 0 aliphatic carbocycles. The van der Waals surface area contributed by atoms with Crippen LogP contribution in [0.5, 0.6) is 0 Å². The number of benzene rings is 1. The van der Waals surface area contributed by atoms with Crippen LogP contribution in [0, 0.1) is 5.41 Å². The highest BCUT2D eigenvalue weighted by Gasteiger charge is 2.27. The quantitative estimate of drug-likeness (QED) is 0.682. The molecule has 6 heteroatoms. The Kier molecular flexibility index (Phi) is 7.13. The smallest absolute Gasteiger partial charge is 0.240 e. The van der Waals surface area contributed by atoms with E-state index in [0.717, 1.165) is 18.4 Å². The Bertz CT molecular complexity index is 516. The van der Waals surface area contributed by atoms with Gasteiger partial charge in [-0.3, -0.25) is 0 Å². The van der Waals surface area contributed by atoms with Crippen molar-refractivity contribution in [3.8, 4) is 0 Å². The van der Waals surface area contributed by atoms with Crippen LogP contribution in [-0.4, -0.2) is 32.6 Å². The molecule has 0 amide bonds. The van der Waals surface area contributed by atoms with E-state index in [4.69, 9.17) is 11.6 Å². The first-order valence-electron chi connectivity index (χ1n) is 7.18. The molecule has 0 saturated heterocycles. The molecule has 0 fully saturated rings. The number of halogens is 1. The predicted octanol–water partition coefficient (Wildman–Crippen LogP) is 2.54. The van der Waals surface area contributed by atoms with Gasteiger partial charge in [0.05, 0.1) is 4.90 Å². The number of aliphatic hydroxyl groups is 1. The fourth-order valence-electron chi connectivity index (χ4n) is 2.06. The molecule has 0 bridgehead atoms. The summed E-state index contributed by atoms with van der Waals surface area (Å²) in [6.07, 6.45) is 2.16. The van der Waals surface area contributed by atoms with Crippen molar-refractivity contribution in [2.75, 3.05) is 19.0 Å². The second-order valence-corrected chi connectivity index (χ2v) is 7.42. The van der Waals surface area contributed by atoms with Gasteiger partial charge in [-0.1, -0.05) is 26.0 Å². The number of rotatable bonds is 9. The molecule has 0 aliphatic heterocycles. The van der Waals surface area contributed by atoms with Gasteiger partial charge < -0.3 is 5.11 Å². The molecule has 1 aromatic carbocycles. The van der Waals surface area contributed by atoms with E-state index in [1.807, 2.05) is 13.8 Å². The van der Waals surface area contributed by atoms with E-state index in [1.165, 1.54) is 0 Å². The van der Waals surface area contributed by atoms with Crippen LogP contribution in [0.25, 0.3) is 0 Å². The van der Waals surface area contributed by atoms with Gasteiger partial charge in [0.2, 0.25) is 10.0 Å². The molecule has 2 N–H and O–H groups in total. The van der Waals surface area contributed by atoms with Crippen molar-refractivity contribution in [3.05, 3.63) is 29.8 Å². The average Bonchev–Trinajstić information content (AvgIpc) is 2.50. The van der Waals surface area contributed by atoms with Gasteiger partial charge in [-0.2, -0.15) is 0 Å². The van der Waals surface area contributed by atoms with Crippen molar-refractivity contribution in [3.63, 3.8) is 0 Å². The minimum Gasteiger partial charge on any atom is -0.396 e. The van der Waals surface area contributed by atoms with Crippen LogP contribution >= 0.6 is 11.6 Å². The normalized spacial score (nSPS) is 12.6. The summed E-state index contributed by atoms with van der Waals surface area (Å²) >= 11 is 5.66. The maximum atomic E-state index is 12.3. The summed E-state index contributed by atoms with van der Waals surface area (Å²) in [4.78, 5) is 0.236. The minimum absolute atomic E-state index is 0.0306. The van der Waals surface area contributed by atoms with Crippen molar-refractivity contribution in [1.29, 1.82) is 0 Å². The van der Waals surface area contributed by atoms with Gasteiger partial charge in [-0.25, -0.2) is 13.1 Å². The Hall–Kier alpha value is -0.620. The van der Waals surface area contributed by atoms with Crippen LogP contribution in [-0.2, 0) is 16.4 Å². The van der Waals surface area contributed by atoms with Crippen LogP contribution in [0.3, 0.4) is 0 Å². The number of nitrogens with one attached hydrogen (secondary N) is 1. The van der Waals surface area contributed by atoms with Gasteiger partial charge in [0, 0.05) is 24.4 Å². The lowest BCUT2D eigenvalue weighted by molar-refractivity contribution is 0.119. The maximum Gasteiger partial charge on any atom is 0.240 e. The summed E-state index contributed by atoms with van der Waals surface area (Å²) < 4.78 is 27.2.